The van der Waals surface area contributed by atoms with Gasteiger partial charge in [0.2, 0.25) is 0 Å². The number of nitrogens with one attached hydrogen (secondary N) is 2. The van der Waals surface area contributed by atoms with Crippen molar-refractivity contribution in [2.45, 2.75) is 25.4 Å². The van der Waals surface area contributed by atoms with E-state index in [4.69, 9.17) is 4.74 Å². The van der Waals surface area contributed by atoms with E-state index in [1.54, 1.807) is 7.05 Å². The quantitative estimate of drug-likeness (QED) is 0.605. The second-order valence-corrected chi connectivity index (χ2v) is 3.34. The molecular formula is C8H16N2O2. The minimum atomic E-state index is -0.334. The molecule has 0 saturated carbocycles. The molecule has 0 aromatic carbocycles. The Labute approximate surface area is 72.7 Å². The molecule has 0 spiro atoms. The molecule has 1 amide bonds. The van der Waals surface area contributed by atoms with Gasteiger partial charge in [-0.2, -0.15) is 0 Å². The lowest BCUT2D eigenvalue weighted by molar-refractivity contribution is 0.00399. The third-order valence-corrected chi connectivity index (χ3v) is 2.20. The summed E-state index contributed by atoms with van der Waals surface area (Å²) in [6.07, 6.45) is 1.44. The molecule has 2 N–H and O–H groups in total. The van der Waals surface area contributed by atoms with Crippen LogP contribution >= 0.6 is 0 Å². The zero-order valence-corrected chi connectivity index (χ0v) is 7.64. The van der Waals surface area contributed by atoms with Crippen LogP contribution in [0.1, 0.15) is 19.8 Å². The summed E-state index contributed by atoms with van der Waals surface area (Å²) in [6, 6.07) is 0. The highest BCUT2D eigenvalue weighted by Crippen LogP contribution is 2.21. The van der Waals surface area contributed by atoms with Gasteiger partial charge in [-0.05, 0) is 32.9 Å². The van der Waals surface area contributed by atoms with Gasteiger partial charge in [-0.1, -0.05) is 0 Å². The number of hydrogen-bond donors (Lipinski definition) is 2. The third-order valence-electron chi connectivity index (χ3n) is 2.20. The Kier molecular flexibility index (Phi) is 2.92. The van der Waals surface area contributed by atoms with Crippen LogP contribution < -0.4 is 10.6 Å². The summed E-state index contributed by atoms with van der Waals surface area (Å²) in [6.45, 7) is 3.82. The molecule has 1 heterocycles. The van der Waals surface area contributed by atoms with Crippen LogP contribution in [0.15, 0.2) is 0 Å². The lowest BCUT2D eigenvalue weighted by atomic mass is 9.95. The standard InChI is InChI=1S/C8H16N2O2/c1-8(12-7(11)9-2)3-5-10-6-4-8/h10H,3-6H2,1-2H3,(H,9,11). The zero-order valence-electron chi connectivity index (χ0n) is 7.64. The van der Waals surface area contributed by atoms with Gasteiger partial charge in [0.1, 0.15) is 5.60 Å². The van der Waals surface area contributed by atoms with E-state index in [0.29, 0.717) is 0 Å². The second kappa shape index (κ2) is 3.76. The van der Waals surface area contributed by atoms with E-state index >= 15 is 0 Å². The van der Waals surface area contributed by atoms with Gasteiger partial charge in [-0.3, -0.25) is 0 Å². The summed E-state index contributed by atoms with van der Waals surface area (Å²) in [5.41, 5.74) is -0.272. The van der Waals surface area contributed by atoms with Crippen LogP contribution in [0.5, 0.6) is 0 Å². The third kappa shape index (κ3) is 2.37. The minimum absolute atomic E-state index is 0.272. The maximum atomic E-state index is 10.9. The number of amides is 1. The Bertz CT molecular complexity index is 164. The van der Waals surface area contributed by atoms with Crippen molar-refractivity contribution in [3.05, 3.63) is 0 Å². The van der Waals surface area contributed by atoms with Crippen molar-refractivity contribution in [1.29, 1.82) is 0 Å². The molecule has 70 valence electrons. The van der Waals surface area contributed by atoms with Crippen LogP contribution in [-0.2, 0) is 4.74 Å². The fourth-order valence-corrected chi connectivity index (χ4v) is 1.33. The van der Waals surface area contributed by atoms with E-state index in [-0.39, 0.29) is 11.7 Å². The molecule has 0 bridgehead atoms. The normalized spacial score (nSPS) is 21.5. The van der Waals surface area contributed by atoms with Gasteiger partial charge in [0, 0.05) is 7.05 Å². The molecule has 0 aliphatic carbocycles. The minimum Gasteiger partial charge on any atom is -0.443 e. The molecular weight excluding hydrogens is 156 g/mol. The molecule has 1 saturated heterocycles. The molecule has 4 heteroatoms. The topological polar surface area (TPSA) is 50.4 Å². The van der Waals surface area contributed by atoms with Crippen LogP contribution in [-0.4, -0.2) is 31.8 Å². The van der Waals surface area contributed by atoms with E-state index in [1.807, 2.05) is 6.92 Å². The fourth-order valence-electron chi connectivity index (χ4n) is 1.33. The van der Waals surface area contributed by atoms with Crippen LogP contribution in [0.25, 0.3) is 0 Å². The molecule has 1 rings (SSSR count). The van der Waals surface area contributed by atoms with E-state index in [0.717, 1.165) is 25.9 Å². The Balaban J connectivity index is 2.41. The average Bonchev–Trinajstić information content (AvgIpc) is 2.05. The van der Waals surface area contributed by atoms with E-state index in [1.165, 1.54) is 0 Å². The van der Waals surface area contributed by atoms with Gasteiger partial charge < -0.3 is 15.4 Å². The van der Waals surface area contributed by atoms with Crippen molar-refractivity contribution >= 4 is 6.09 Å². The molecule has 1 aliphatic heterocycles. The first-order valence-corrected chi connectivity index (χ1v) is 4.28. The van der Waals surface area contributed by atoms with Gasteiger partial charge >= 0.3 is 6.09 Å². The van der Waals surface area contributed by atoms with Crippen molar-refractivity contribution in [1.82, 2.24) is 10.6 Å². The van der Waals surface area contributed by atoms with Gasteiger partial charge in [0.15, 0.2) is 0 Å². The van der Waals surface area contributed by atoms with Crippen LogP contribution in [0.3, 0.4) is 0 Å². The van der Waals surface area contributed by atoms with Crippen molar-refractivity contribution in [2.24, 2.45) is 0 Å². The Morgan fingerprint density at radius 1 is 1.50 bits per heavy atom. The molecule has 1 fully saturated rings. The number of alkyl carbamates (subject to hydrolysis) is 1. The second-order valence-electron chi connectivity index (χ2n) is 3.34. The molecule has 0 aromatic heterocycles. The number of hydrogen-bond acceptors (Lipinski definition) is 3. The van der Waals surface area contributed by atoms with Crippen LogP contribution in [0, 0.1) is 0 Å². The van der Waals surface area contributed by atoms with E-state index in [2.05, 4.69) is 10.6 Å². The summed E-state index contributed by atoms with van der Waals surface area (Å²) in [5, 5.41) is 5.68. The van der Waals surface area contributed by atoms with E-state index in [9.17, 15) is 4.79 Å². The Hall–Kier alpha value is -0.770. The van der Waals surface area contributed by atoms with Crippen molar-refractivity contribution < 1.29 is 9.53 Å². The maximum absolute atomic E-state index is 10.9. The summed E-state index contributed by atoms with van der Waals surface area (Å²) in [7, 11) is 1.58. The highest BCUT2D eigenvalue weighted by Gasteiger charge is 2.30. The zero-order chi connectivity index (χ0) is 9.03. The first-order valence-electron chi connectivity index (χ1n) is 4.28. The molecule has 1 aliphatic rings. The maximum Gasteiger partial charge on any atom is 0.407 e. The predicted molar refractivity (Wildman–Crippen MR) is 46.0 cm³/mol. The summed E-state index contributed by atoms with van der Waals surface area (Å²) in [5.74, 6) is 0. The van der Waals surface area contributed by atoms with Crippen LogP contribution in [0.4, 0.5) is 4.79 Å². The van der Waals surface area contributed by atoms with Crippen molar-refractivity contribution in [3.63, 3.8) is 0 Å². The molecule has 0 unspecified atom stereocenters. The molecule has 12 heavy (non-hydrogen) atoms. The fraction of sp³-hybridized carbons (Fsp3) is 0.875. The lowest BCUT2D eigenvalue weighted by Crippen LogP contribution is -2.44. The van der Waals surface area contributed by atoms with Crippen molar-refractivity contribution in [2.75, 3.05) is 20.1 Å². The molecule has 4 nitrogen and oxygen atoms in total. The lowest BCUT2D eigenvalue weighted by Gasteiger charge is -2.33. The predicted octanol–water partition coefficient (Wildman–Crippen LogP) is 0.484. The molecule has 0 aromatic rings. The number of carbonyl (C=O) groups is 1. The summed E-state index contributed by atoms with van der Waals surface area (Å²) in [4.78, 5) is 10.9. The Morgan fingerprint density at radius 2 is 2.08 bits per heavy atom. The summed E-state index contributed by atoms with van der Waals surface area (Å²) < 4.78 is 5.24. The molecule has 0 atom stereocenters. The number of ether oxygens (including phenoxy) is 1. The average molecular weight is 172 g/mol. The van der Waals surface area contributed by atoms with Gasteiger partial charge in [-0.25, -0.2) is 4.79 Å². The van der Waals surface area contributed by atoms with Gasteiger partial charge in [0.05, 0.1) is 0 Å². The number of rotatable bonds is 1. The molecule has 0 radical (unpaired) electrons. The number of piperidine rings is 1. The monoisotopic (exact) mass is 172 g/mol. The van der Waals surface area contributed by atoms with Crippen molar-refractivity contribution in [3.8, 4) is 0 Å². The van der Waals surface area contributed by atoms with Gasteiger partial charge in [0.25, 0.3) is 0 Å². The highest BCUT2D eigenvalue weighted by atomic mass is 16.6. The Morgan fingerprint density at radius 3 is 2.58 bits per heavy atom. The summed E-state index contributed by atoms with van der Waals surface area (Å²) >= 11 is 0. The largest absolute Gasteiger partial charge is 0.443 e. The first kappa shape index (κ1) is 9.32. The van der Waals surface area contributed by atoms with Crippen LogP contribution in [0.2, 0.25) is 0 Å². The number of carbonyl (C=O) groups excluding carboxylic acids is 1. The highest BCUT2D eigenvalue weighted by molar-refractivity contribution is 5.67. The SMILES string of the molecule is CNC(=O)OC1(C)CCNCC1. The van der Waals surface area contributed by atoms with Gasteiger partial charge in [-0.15, -0.1) is 0 Å². The van der Waals surface area contributed by atoms with E-state index < -0.39 is 0 Å². The smallest absolute Gasteiger partial charge is 0.407 e. The first-order chi connectivity index (χ1) is 5.66.